The van der Waals surface area contributed by atoms with Crippen LogP contribution in [0.1, 0.15) is 25.0 Å². The first-order valence-electron chi connectivity index (χ1n) is 7.28. The molecule has 1 aliphatic carbocycles. The maximum atomic E-state index is 11.4. The number of halogens is 4. The molecular formula is C17H12Cl4N2O2. The highest BCUT2D eigenvalue weighted by atomic mass is 35.5. The number of hydrogen-bond donors (Lipinski definition) is 2. The average molecular weight is 418 g/mol. The van der Waals surface area contributed by atoms with E-state index in [1.54, 1.807) is 12.1 Å². The van der Waals surface area contributed by atoms with Gasteiger partial charge in [-0.15, -0.1) is 0 Å². The van der Waals surface area contributed by atoms with Crippen LogP contribution in [0.25, 0.3) is 11.1 Å². The van der Waals surface area contributed by atoms with Gasteiger partial charge in [-0.1, -0.05) is 46.4 Å². The van der Waals surface area contributed by atoms with Gasteiger partial charge in [-0.05, 0) is 34.4 Å². The van der Waals surface area contributed by atoms with E-state index in [9.17, 15) is 9.59 Å². The van der Waals surface area contributed by atoms with E-state index in [0.29, 0.717) is 37.9 Å². The van der Waals surface area contributed by atoms with Crippen LogP contribution in [0.5, 0.6) is 0 Å². The molecule has 0 radical (unpaired) electrons. The molecule has 2 N–H and O–H groups in total. The van der Waals surface area contributed by atoms with Gasteiger partial charge in [0.25, 0.3) is 0 Å². The minimum absolute atomic E-state index is 0.270. The number of benzene rings is 2. The second-order valence-corrected chi connectivity index (χ2v) is 7.26. The first kappa shape index (κ1) is 18.3. The quantitative estimate of drug-likeness (QED) is 0.554. The van der Waals surface area contributed by atoms with Crippen LogP contribution in [0.2, 0.25) is 20.1 Å². The van der Waals surface area contributed by atoms with Gasteiger partial charge in [0.1, 0.15) is 0 Å². The molecular weight excluding hydrogens is 406 g/mol. The zero-order valence-electron chi connectivity index (χ0n) is 13.2. The van der Waals surface area contributed by atoms with E-state index in [1.807, 2.05) is 0 Å². The van der Waals surface area contributed by atoms with Gasteiger partial charge in [0.05, 0.1) is 31.5 Å². The molecule has 130 valence electrons. The van der Waals surface area contributed by atoms with Crippen molar-refractivity contribution in [2.45, 2.75) is 20.3 Å². The van der Waals surface area contributed by atoms with Crippen molar-refractivity contribution < 1.29 is 9.59 Å². The van der Waals surface area contributed by atoms with E-state index < -0.39 is 0 Å². The molecule has 0 atom stereocenters. The van der Waals surface area contributed by atoms with E-state index in [0.717, 1.165) is 22.3 Å². The summed E-state index contributed by atoms with van der Waals surface area (Å²) in [4.78, 5) is 22.7. The van der Waals surface area contributed by atoms with Gasteiger partial charge in [0.2, 0.25) is 11.8 Å². The van der Waals surface area contributed by atoms with Crippen LogP contribution in [0.4, 0.5) is 11.4 Å². The van der Waals surface area contributed by atoms with Gasteiger partial charge in [0.15, 0.2) is 0 Å². The lowest BCUT2D eigenvalue weighted by molar-refractivity contribution is -0.115. The summed E-state index contributed by atoms with van der Waals surface area (Å²) in [7, 11) is 0. The fourth-order valence-electron chi connectivity index (χ4n) is 2.90. The predicted molar refractivity (Wildman–Crippen MR) is 103 cm³/mol. The third-order valence-electron chi connectivity index (χ3n) is 3.88. The highest BCUT2D eigenvalue weighted by Crippen LogP contribution is 2.50. The smallest absolute Gasteiger partial charge is 0.221 e. The van der Waals surface area contributed by atoms with Gasteiger partial charge >= 0.3 is 0 Å². The lowest BCUT2D eigenvalue weighted by Crippen LogP contribution is -2.07. The molecule has 25 heavy (non-hydrogen) atoms. The zero-order chi connectivity index (χ0) is 18.5. The van der Waals surface area contributed by atoms with Gasteiger partial charge in [-0.2, -0.15) is 0 Å². The summed E-state index contributed by atoms with van der Waals surface area (Å²) in [5.41, 5.74) is 3.93. The first-order valence-corrected chi connectivity index (χ1v) is 8.79. The molecule has 8 heteroatoms. The molecule has 4 nitrogen and oxygen atoms in total. The fraction of sp³-hybridized carbons (Fsp3) is 0.176. The maximum absolute atomic E-state index is 11.4. The number of amides is 2. The minimum atomic E-state index is -0.270. The number of nitrogens with one attached hydrogen (secondary N) is 2. The molecule has 2 aromatic carbocycles. The Kier molecular flexibility index (Phi) is 4.91. The van der Waals surface area contributed by atoms with Crippen LogP contribution in [0.15, 0.2) is 12.1 Å². The molecule has 0 unspecified atom stereocenters. The maximum Gasteiger partial charge on any atom is 0.221 e. The lowest BCUT2D eigenvalue weighted by Gasteiger charge is -2.13. The predicted octanol–water partition coefficient (Wildman–Crippen LogP) is 5.79. The monoisotopic (exact) mass is 416 g/mol. The normalized spacial score (nSPS) is 11.8. The SMILES string of the molecule is CC(=O)Nc1c(Cl)cc2c(c1Cl)Cc1c-2cc(Cl)c(NC(C)=O)c1Cl. The molecule has 0 saturated carbocycles. The molecule has 0 bridgehead atoms. The fourth-order valence-corrected chi connectivity index (χ4v) is 4.14. The van der Waals surface area contributed by atoms with Crippen LogP contribution >= 0.6 is 46.4 Å². The number of fused-ring (bicyclic) bond motifs is 3. The van der Waals surface area contributed by atoms with Crippen LogP contribution in [0, 0.1) is 0 Å². The van der Waals surface area contributed by atoms with Crippen LogP contribution < -0.4 is 10.6 Å². The molecule has 1 aliphatic rings. The Morgan fingerprint density at radius 1 is 0.800 bits per heavy atom. The van der Waals surface area contributed by atoms with Gasteiger partial charge in [-0.25, -0.2) is 0 Å². The summed E-state index contributed by atoms with van der Waals surface area (Å²) in [5, 5.41) is 6.66. The molecule has 0 spiro atoms. The Morgan fingerprint density at radius 2 is 1.16 bits per heavy atom. The van der Waals surface area contributed by atoms with Crippen molar-refractivity contribution >= 4 is 69.6 Å². The second-order valence-electron chi connectivity index (χ2n) is 5.69. The molecule has 0 aliphatic heterocycles. The Balaban J connectivity index is 2.18. The van der Waals surface area contributed by atoms with Gasteiger partial charge in [-0.3, -0.25) is 9.59 Å². The van der Waals surface area contributed by atoms with Crippen molar-refractivity contribution in [2.24, 2.45) is 0 Å². The van der Waals surface area contributed by atoms with Crippen molar-refractivity contribution in [1.29, 1.82) is 0 Å². The van der Waals surface area contributed by atoms with Gasteiger partial charge in [0, 0.05) is 20.3 Å². The number of anilines is 2. The van der Waals surface area contributed by atoms with E-state index in [2.05, 4.69) is 10.6 Å². The molecule has 0 fully saturated rings. The minimum Gasteiger partial charge on any atom is -0.324 e. The molecule has 0 saturated heterocycles. The van der Waals surface area contributed by atoms with Crippen molar-refractivity contribution in [2.75, 3.05) is 10.6 Å². The number of rotatable bonds is 2. The van der Waals surface area contributed by atoms with E-state index in [1.165, 1.54) is 13.8 Å². The third-order valence-corrected chi connectivity index (χ3v) is 5.32. The lowest BCUT2D eigenvalue weighted by atomic mass is 10.0. The van der Waals surface area contributed by atoms with Crippen molar-refractivity contribution in [3.63, 3.8) is 0 Å². The van der Waals surface area contributed by atoms with E-state index >= 15 is 0 Å². The molecule has 2 aromatic rings. The number of hydrogen-bond acceptors (Lipinski definition) is 2. The van der Waals surface area contributed by atoms with Crippen molar-refractivity contribution in [3.05, 3.63) is 43.4 Å². The highest BCUT2D eigenvalue weighted by Gasteiger charge is 2.29. The average Bonchev–Trinajstić information content (AvgIpc) is 2.86. The summed E-state index contributed by atoms with van der Waals surface area (Å²) >= 11 is 25.5. The molecule has 0 aromatic heterocycles. The zero-order valence-corrected chi connectivity index (χ0v) is 16.2. The van der Waals surface area contributed by atoms with Crippen LogP contribution in [-0.2, 0) is 16.0 Å². The second kappa shape index (κ2) is 6.69. The Labute approximate surface area is 164 Å². The summed E-state index contributed by atoms with van der Waals surface area (Å²) in [6, 6.07) is 3.45. The highest BCUT2D eigenvalue weighted by molar-refractivity contribution is 6.42. The number of carbonyl (C=O) groups excluding carboxylic acids is 2. The molecule has 0 heterocycles. The summed E-state index contributed by atoms with van der Waals surface area (Å²) in [6.07, 6.45) is 0.440. The summed E-state index contributed by atoms with van der Waals surface area (Å²) < 4.78 is 0. The Morgan fingerprint density at radius 3 is 1.48 bits per heavy atom. The Hall–Kier alpha value is -1.46. The summed E-state index contributed by atoms with van der Waals surface area (Å²) in [5.74, 6) is -0.540. The van der Waals surface area contributed by atoms with E-state index in [4.69, 9.17) is 46.4 Å². The molecule has 2 amide bonds. The largest absolute Gasteiger partial charge is 0.324 e. The Bertz CT molecular complexity index is 866. The molecule has 3 rings (SSSR count). The number of carbonyl (C=O) groups is 2. The van der Waals surface area contributed by atoms with Crippen LogP contribution in [-0.4, -0.2) is 11.8 Å². The van der Waals surface area contributed by atoms with Crippen LogP contribution in [0.3, 0.4) is 0 Å². The van der Waals surface area contributed by atoms with Crippen molar-refractivity contribution in [1.82, 2.24) is 0 Å². The van der Waals surface area contributed by atoms with E-state index in [-0.39, 0.29) is 11.8 Å². The topological polar surface area (TPSA) is 58.2 Å². The standard InChI is InChI=1S/C17H12Cl4N2O2/c1-6(24)22-16-12(18)4-8-9-5-13(19)17(23-7(2)25)15(21)11(9)3-10(8)14(16)20/h4-5H,3H2,1-2H3,(H,22,24)(H,23,25). The van der Waals surface area contributed by atoms with Crippen molar-refractivity contribution in [3.8, 4) is 11.1 Å². The van der Waals surface area contributed by atoms with Gasteiger partial charge < -0.3 is 10.6 Å². The third kappa shape index (κ3) is 3.20. The first-order chi connectivity index (χ1) is 11.7. The summed E-state index contributed by atoms with van der Waals surface area (Å²) in [6.45, 7) is 2.76.